The number of carbonyl (C=O) groups is 3. The van der Waals surface area contributed by atoms with Crippen molar-refractivity contribution in [1.29, 1.82) is 0 Å². The molecule has 0 radical (unpaired) electrons. The van der Waals surface area contributed by atoms with Gasteiger partial charge < -0.3 is 4.18 Å². The molecule has 0 aromatic carbocycles. The van der Waals surface area contributed by atoms with E-state index in [4.69, 9.17) is 4.55 Å². The summed E-state index contributed by atoms with van der Waals surface area (Å²) < 4.78 is 21.7. The zero-order valence-electron chi connectivity index (χ0n) is 6.67. The summed E-state index contributed by atoms with van der Waals surface area (Å²) in [5, 5.41) is 0.204. The molecule has 1 aliphatic heterocycles. The van der Waals surface area contributed by atoms with Gasteiger partial charge in [0.15, 0.2) is 0 Å². The normalized spacial score (nSPS) is 18.2. The van der Waals surface area contributed by atoms with Gasteiger partial charge in [0.2, 0.25) is 0 Å². The quantitative estimate of drug-likeness (QED) is 0.488. The van der Waals surface area contributed by atoms with E-state index in [9.17, 15) is 18.6 Å². The van der Waals surface area contributed by atoms with Gasteiger partial charge in [-0.05, 0) is 0 Å². The van der Waals surface area contributed by atoms with E-state index in [1.54, 1.807) is 0 Å². The van der Waals surface area contributed by atoms with Gasteiger partial charge in [0, 0.05) is 12.8 Å². The van der Waals surface area contributed by atoms with Crippen molar-refractivity contribution in [3.05, 3.63) is 0 Å². The number of hydrogen-bond donors (Lipinski definition) is 1. The summed E-state index contributed by atoms with van der Waals surface area (Å²) >= 11 is -2.84. The van der Waals surface area contributed by atoms with E-state index in [1.807, 2.05) is 0 Å². The molecular weight excluding hydrogens is 218 g/mol. The first-order valence-electron chi connectivity index (χ1n) is 3.37. The molecule has 1 unspecified atom stereocenters. The lowest BCUT2D eigenvalue weighted by molar-refractivity contribution is -0.174. The van der Waals surface area contributed by atoms with Crippen LogP contribution in [0.1, 0.15) is 12.8 Å². The third kappa shape index (κ3) is 2.50. The van der Waals surface area contributed by atoms with Gasteiger partial charge in [0.05, 0.1) is 0 Å². The highest BCUT2D eigenvalue weighted by Crippen LogP contribution is 2.12. The summed E-state index contributed by atoms with van der Waals surface area (Å²) in [6.07, 6.45) is -1.71. The molecule has 1 fully saturated rings. The Hall–Kier alpha value is -1.48. The van der Waals surface area contributed by atoms with Gasteiger partial charge in [0.25, 0.3) is 11.8 Å². The van der Waals surface area contributed by atoms with Crippen molar-refractivity contribution in [2.45, 2.75) is 12.8 Å². The minimum atomic E-state index is -2.84. The van der Waals surface area contributed by atoms with Crippen LogP contribution in [0.4, 0.5) is 4.79 Å². The maximum absolute atomic E-state index is 10.8. The Morgan fingerprint density at radius 2 is 1.86 bits per heavy atom. The minimum Gasteiger partial charge on any atom is -0.308 e. The molecule has 14 heavy (non-hydrogen) atoms. The number of rotatable bonds is 2. The molecule has 1 saturated heterocycles. The van der Waals surface area contributed by atoms with Gasteiger partial charge in [-0.15, -0.1) is 0 Å². The fraction of sp³-hybridized carbons (Fsp3) is 0.400. The molecule has 8 nitrogen and oxygen atoms in total. The largest absolute Gasteiger partial charge is 0.550 e. The Balaban J connectivity index is 2.51. The van der Waals surface area contributed by atoms with Crippen molar-refractivity contribution in [1.82, 2.24) is 5.06 Å². The van der Waals surface area contributed by atoms with Gasteiger partial charge in [-0.25, -0.2) is 4.79 Å². The van der Waals surface area contributed by atoms with Crippen LogP contribution in [-0.4, -0.2) is 31.8 Å². The lowest BCUT2D eigenvalue weighted by Crippen LogP contribution is -2.32. The Bertz CT molecular complexity index is 297. The lowest BCUT2D eigenvalue weighted by atomic mass is 10.4. The average Bonchev–Trinajstić information content (AvgIpc) is 2.34. The highest BCUT2D eigenvalue weighted by Gasteiger charge is 2.33. The molecule has 0 aromatic rings. The molecule has 78 valence electrons. The van der Waals surface area contributed by atoms with Crippen LogP contribution in [0.3, 0.4) is 0 Å². The minimum absolute atomic E-state index is 0.0612. The van der Waals surface area contributed by atoms with E-state index in [0.29, 0.717) is 0 Å². The first kappa shape index (κ1) is 10.6. The van der Waals surface area contributed by atoms with Crippen molar-refractivity contribution in [2.75, 3.05) is 0 Å². The molecule has 1 atom stereocenters. The number of hydroxylamine groups is 2. The monoisotopic (exact) mass is 223 g/mol. The molecule has 2 amide bonds. The van der Waals surface area contributed by atoms with Crippen molar-refractivity contribution in [3.8, 4) is 0 Å². The molecule has 1 N–H and O–H groups in total. The highest BCUT2D eigenvalue weighted by atomic mass is 32.2. The second-order valence-corrected chi connectivity index (χ2v) is 2.82. The molecule has 0 saturated carbocycles. The molecule has 9 heteroatoms. The van der Waals surface area contributed by atoms with Gasteiger partial charge in [-0.2, -0.15) is 4.21 Å². The Labute approximate surface area is 80.2 Å². The predicted molar refractivity (Wildman–Crippen MR) is 39.4 cm³/mol. The van der Waals surface area contributed by atoms with Crippen LogP contribution in [0.2, 0.25) is 0 Å². The van der Waals surface area contributed by atoms with E-state index in [1.165, 1.54) is 0 Å². The molecular formula is C5H5NO7S. The summed E-state index contributed by atoms with van der Waals surface area (Å²) in [6, 6.07) is 0. The average molecular weight is 223 g/mol. The van der Waals surface area contributed by atoms with Crippen molar-refractivity contribution in [2.24, 2.45) is 0 Å². The van der Waals surface area contributed by atoms with E-state index in [2.05, 4.69) is 9.02 Å². The Kier molecular flexibility index (Phi) is 3.14. The zero-order valence-corrected chi connectivity index (χ0v) is 7.48. The lowest BCUT2D eigenvalue weighted by Gasteiger charge is -2.10. The number of hydrogen-bond acceptors (Lipinski definition) is 6. The molecule has 0 spiro atoms. The van der Waals surface area contributed by atoms with Crippen LogP contribution in [0.15, 0.2) is 0 Å². The Morgan fingerprint density at radius 3 is 2.29 bits per heavy atom. The maximum atomic E-state index is 10.8. The van der Waals surface area contributed by atoms with Gasteiger partial charge in [-0.1, -0.05) is 5.06 Å². The molecule has 1 rings (SSSR count). The Morgan fingerprint density at radius 1 is 1.36 bits per heavy atom. The van der Waals surface area contributed by atoms with Crippen molar-refractivity contribution in [3.63, 3.8) is 0 Å². The van der Waals surface area contributed by atoms with Crippen LogP contribution >= 0.6 is 0 Å². The first-order chi connectivity index (χ1) is 6.50. The standard InChI is InChI=1S/C5H5NO7S/c7-3-1-2-4(8)6(3)12-5(9)13-14(10)11/h1-2H2,(H,10,11). The molecule has 0 aromatic heterocycles. The third-order valence-electron chi connectivity index (χ3n) is 1.31. The summed E-state index contributed by atoms with van der Waals surface area (Å²) in [7, 11) is 0. The molecule has 1 heterocycles. The summed E-state index contributed by atoms with van der Waals surface area (Å²) in [5.41, 5.74) is 0. The fourth-order valence-corrected chi connectivity index (χ4v) is 0.953. The summed E-state index contributed by atoms with van der Waals surface area (Å²) in [6.45, 7) is 0. The van der Waals surface area contributed by atoms with Crippen molar-refractivity contribution >= 4 is 29.3 Å². The highest BCUT2D eigenvalue weighted by molar-refractivity contribution is 7.74. The first-order valence-corrected chi connectivity index (χ1v) is 4.41. The van der Waals surface area contributed by atoms with E-state index in [0.717, 1.165) is 0 Å². The molecule has 0 bridgehead atoms. The topological polar surface area (TPSA) is 110 Å². The number of nitrogens with zero attached hydrogens (tertiary/aromatic N) is 1. The summed E-state index contributed by atoms with van der Waals surface area (Å²) in [5.74, 6) is -1.40. The number of imide groups is 1. The van der Waals surface area contributed by atoms with E-state index in [-0.39, 0.29) is 17.9 Å². The SMILES string of the molecule is O=C(ON1C(=O)CCC1=O)OS(=O)O. The van der Waals surface area contributed by atoms with Gasteiger partial charge >= 0.3 is 17.5 Å². The van der Waals surface area contributed by atoms with E-state index >= 15 is 0 Å². The predicted octanol–water partition coefficient (Wildman–Crippen LogP) is -0.660. The zero-order chi connectivity index (χ0) is 10.7. The van der Waals surface area contributed by atoms with Crippen molar-refractivity contribution < 1.29 is 32.2 Å². The van der Waals surface area contributed by atoms with Crippen LogP contribution in [-0.2, 0) is 30.0 Å². The van der Waals surface area contributed by atoms with Gasteiger partial charge in [0.1, 0.15) is 0 Å². The van der Waals surface area contributed by atoms with Crippen LogP contribution in [0.25, 0.3) is 0 Å². The second kappa shape index (κ2) is 4.15. The number of carbonyl (C=O) groups excluding carboxylic acids is 3. The summed E-state index contributed by atoms with van der Waals surface area (Å²) in [4.78, 5) is 36.3. The second-order valence-electron chi connectivity index (χ2n) is 2.22. The molecule has 0 aliphatic carbocycles. The maximum Gasteiger partial charge on any atom is 0.550 e. The van der Waals surface area contributed by atoms with Crippen LogP contribution < -0.4 is 0 Å². The smallest absolute Gasteiger partial charge is 0.308 e. The van der Waals surface area contributed by atoms with E-state index < -0.39 is 29.3 Å². The van der Waals surface area contributed by atoms with Gasteiger partial charge in [-0.3, -0.25) is 19.0 Å². The third-order valence-corrected chi connectivity index (χ3v) is 1.59. The van der Waals surface area contributed by atoms with Crippen LogP contribution in [0, 0.1) is 0 Å². The molecule has 1 aliphatic rings. The van der Waals surface area contributed by atoms with Crippen LogP contribution in [0.5, 0.6) is 0 Å². The fourth-order valence-electron chi connectivity index (χ4n) is 0.806. The number of amides is 2.